The highest BCUT2D eigenvalue weighted by molar-refractivity contribution is 5.55. The fourth-order valence-corrected chi connectivity index (χ4v) is 2.95. The van der Waals surface area contributed by atoms with E-state index in [0.29, 0.717) is 18.3 Å². The van der Waals surface area contributed by atoms with Gasteiger partial charge in [0.1, 0.15) is 6.54 Å². The van der Waals surface area contributed by atoms with Gasteiger partial charge in [0.25, 0.3) is 0 Å². The van der Waals surface area contributed by atoms with Crippen molar-refractivity contribution < 1.29 is 29.0 Å². The van der Waals surface area contributed by atoms with E-state index in [2.05, 4.69) is 11.4 Å². The van der Waals surface area contributed by atoms with Crippen LogP contribution < -0.4 is 29.0 Å². The lowest BCUT2D eigenvalue weighted by molar-refractivity contribution is -0.670. The Hall–Kier alpha value is -2.60. The molecular weight excluding hydrogens is 322 g/mol. The first-order valence-electron chi connectivity index (χ1n) is 8.25. The summed E-state index contributed by atoms with van der Waals surface area (Å²) in [6.45, 7) is 2.06. The second kappa shape index (κ2) is 7.98. The molecule has 25 heavy (non-hydrogen) atoms. The van der Waals surface area contributed by atoms with E-state index in [1.54, 1.807) is 21.3 Å². The molecule has 0 bridgehead atoms. The summed E-state index contributed by atoms with van der Waals surface area (Å²) in [5, 5.41) is 2.24. The Kier molecular flexibility index (Phi) is 5.50. The van der Waals surface area contributed by atoms with E-state index >= 15 is 0 Å². The summed E-state index contributed by atoms with van der Waals surface area (Å²) in [6.07, 6.45) is 0.951. The SMILES string of the molecule is COc1ccc(C[NH2+]CCc2ccc3c(c2)OCO3)c(OC)c1OC. The van der Waals surface area contributed by atoms with Crippen molar-refractivity contribution in [1.82, 2.24) is 0 Å². The average molecular weight is 346 g/mol. The van der Waals surface area contributed by atoms with Crippen LogP contribution in [0.5, 0.6) is 28.7 Å². The van der Waals surface area contributed by atoms with Crippen molar-refractivity contribution in [1.29, 1.82) is 0 Å². The predicted octanol–water partition coefficient (Wildman–Crippen LogP) is 1.75. The van der Waals surface area contributed by atoms with E-state index in [1.165, 1.54) is 5.56 Å². The lowest BCUT2D eigenvalue weighted by atomic mass is 10.1. The second-order valence-corrected chi connectivity index (χ2v) is 5.71. The molecule has 0 spiro atoms. The maximum absolute atomic E-state index is 5.52. The van der Waals surface area contributed by atoms with E-state index in [9.17, 15) is 0 Å². The van der Waals surface area contributed by atoms with Crippen molar-refractivity contribution in [2.24, 2.45) is 0 Å². The van der Waals surface area contributed by atoms with Crippen molar-refractivity contribution in [3.05, 3.63) is 41.5 Å². The number of methoxy groups -OCH3 is 3. The molecule has 1 aliphatic heterocycles. The first kappa shape index (κ1) is 17.2. The van der Waals surface area contributed by atoms with E-state index in [-0.39, 0.29) is 0 Å². The fraction of sp³-hybridized carbons (Fsp3) is 0.368. The molecule has 0 radical (unpaired) electrons. The van der Waals surface area contributed by atoms with Gasteiger partial charge in [-0.25, -0.2) is 0 Å². The third kappa shape index (κ3) is 3.74. The molecule has 1 aliphatic rings. The van der Waals surface area contributed by atoms with E-state index in [0.717, 1.165) is 42.3 Å². The van der Waals surface area contributed by atoms with Gasteiger partial charge in [0.2, 0.25) is 12.5 Å². The maximum atomic E-state index is 5.52. The van der Waals surface area contributed by atoms with Crippen LogP contribution >= 0.6 is 0 Å². The summed E-state index contributed by atoms with van der Waals surface area (Å²) < 4.78 is 27.0. The average Bonchev–Trinajstić information content (AvgIpc) is 3.12. The number of nitrogens with two attached hydrogens (primary N) is 1. The molecule has 2 N–H and O–H groups in total. The van der Waals surface area contributed by atoms with Crippen molar-refractivity contribution in [3.63, 3.8) is 0 Å². The molecular formula is C19H24NO5+. The zero-order valence-corrected chi connectivity index (χ0v) is 14.8. The number of benzene rings is 2. The van der Waals surface area contributed by atoms with Crippen LogP contribution in [0.15, 0.2) is 30.3 Å². The van der Waals surface area contributed by atoms with Gasteiger partial charge in [0, 0.05) is 6.42 Å². The lowest BCUT2D eigenvalue weighted by Crippen LogP contribution is -2.83. The summed E-state index contributed by atoms with van der Waals surface area (Å²) in [5.74, 6) is 3.68. The molecule has 0 atom stereocenters. The first-order valence-corrected chi connectivity index (χ1v) is 8.25. The lowest BCUT2D eigenvalue weighted by Gasteiger charge is -2.15. The Morgan fingerprint density at radius 3 is 2.48 bits per heavy atom. The molecule has 0 aliphatic carbocycles. The van der Waals surface area contributed by atoms with Crippen LogP contribution in [-0.4, -0.2) is 34.7 Å². The van der Waals surface area contributed by atoms with Crippen LogP contribution in [0, 0.1) is 0 Å². The fourth-order valence-electron chi connectivity index (χ4n) is 2.95. The van der Waals surface area contributed by atoms with Gasteiger partial charge in [-0.1, -0.05) is 6.07 Å². The van der Waals surface area contributed by atoms with E-state index in [4.69, 9.17) is 23.7 Å². The minimum atomic E-state index is 0.310. The predicted molar refractivity (Wildman–Crippen MR) is 92.9 cm³/mol. The number of rotatable bonds is 8. The maximum Gasteiger partial charge on any atom is 0.231 e. The molecule has 2 aromatic carbocycles. The van der Waals surface area contributed by atoms with Gasteiger partial charge >= 0.3 is 0 Å². The normalized spacial score (nSPS) is 12.1. The van der Waals surface area contributed by atoms with Gasteiger partial charge in [-0.05, 0) is 29.8 Å². The first-order chi connectivity index (χ1) is 12.3. The molecule has 0 saturated heterocycles. The van der Waals surface area contributed by atoms with Gasteiger partial charge < -0.3 is 29.0 Å². The van der Waals surface area contributed by atoms with E-state index in [1.807, 2.05) is 24.3 Å². The molecule has 0 unspecified atom stereocenters. The largest absolute Gasteiger partial charge is 0.493 e. The quantitative estimate of drug-likeness (QED) is 0.738. The molecule has 2 aromatic rings. The molecule has 6 heteroatoms. The Balaban J connectivity index is 1.58. The summed E-state index contributed by atoms with van der Waals surface area (Å²) in [5.41, 5.74) is 2.31. The van der Waals surface area contributed by atoms with Gasteiger partial charge in [-0.2, -0.15) is 0 Å². The smallest absolute Gasteiger partial charge is 0.231 e. The van der Waals surface area contributed by atoms with Crippen LogP contribution in [-0.2, 0) is 13.0 Å². The Labute approximate surface area is 147 Å². The molecule has 6 nitrogen and oxygen atoms in total. The number of fused-ring (bicyclic) bond motifs is 1. The third-order valence-electron chi connectivity index (χ3n) is 4.22. The minimum absolute atomic E-state index is 0.310. The highest BCUT2D eigenvalue weighted by atomic mass is 16.7. The van der Waals surface area contributed by atoms with Gasteiger partial charge in [0.05, 0.1) is 33.4 Å². The van der Waals surface area contributed by atoms with Crippen molar-refractivity contribution in [3.8, 4) is 28.7 Å². The number of ether oxygens (including phenoxy) is 5. The molecule has 134 valence electrons. The van der Waals surface area contributed by atoms with Crippen LogP contribution in [0.2, 0.25) is 0 Å². The van der Waals surface area contributed by atoms with Crippen molar-refractivity contribution >= 4 is 0 Å². The summed E-state index contributed by atoms with van der Waals surface area (Å²) in [4.78, 5) is 0. The van der Waals surface area contributed by atoms with Crippen LogP contribution in [0.3, 0.4) is 0 Å². The van der Waals surface area contributed by atoms with Gasteiger partial charge in [-0.3, -0.25) is 0 Å². The number of hydrogen-bond donors (Lipinski definition) is 1. The monoisotopic (exact) mass is 346 g/mol. The molecule has 1 heterocycles. The molecule has 0 saturated carbocycles. The van der Waals surface area contributed by atoms with E-state index < -0.39 is 0 Å². The number of quaternary nitrogens is 1. The van der Waals surface area contributed by atoms with Crippen molar-refractivity contribution in [2.75, 3.05) is 34.7 Å². The second-order valence-electron chi connectivity index (χ2n) is 5.71. The Morgan fingerprint density at radius 1 is 0.920 bits per heavy atom. The summed E-state index contributed by atoms with van der Waals surface area (Å²) in [7, 11) is 4.88. The minimum Gasteiger partial charge on any atom is -0.493 e. The summed E-state index contributed by atoms with van der Waals surface area (Å²) in [6, 6.07) is 10.0. The standard InChI is InChI=1S/C19H23NO5/c1-21-16-7-5-14(18(22-2)19(16)23-3)11-20-9-8-13-4-6-15-17(10-13)25-12-24-15/h4-7,10,20H,8-9,11-12H2,1-3H3/p+1. The molecule has 0 aromatic heterocycles. The van der Waals surface area contributed by atoms with Gasteiger partial charge in [-0.15, -0.1) is 0 Å². The summed E-state index contributed by atoms with van der Waals surface area (Å²) >= 11 is 0. The zero-order chi connectivity index (χ0) is 17.6. The molecule has 0 fully saturated rings. The Morgan fingerprint density at radius 2 is 1.72 bits per heavy atom. The Bertz CT molecular complexity index is 732. The van der Waals surface area contributed by atoms with Crippen LogP contribution in [0.4, 0.5) is 0 Å². The van der Waals surface area contributed by atoms with Crippen LogP contribution in [0.25, 0.3) is 0 Å². The zero-order valence-electron chi connectivity index (χ0n) is 14.8. The third-order valence-corrected chi connectivity index (χ3v) is 4.22. The van der Waals surface area contributed by atoms with Crippen LogP contribution in [0.1, 0.15) is 11.1 Å². The molecule has 3 rings (SSSR count). The van der Waals surface area contributed by atoms with Crippen molar-refractivity contribution in [2.45, 2.75) is 13.0 Å². The number of hydrogen-bond acceptors (Lipinski definition) is 5. The highest BCUT2D eigenvalue weighted by Crippen LogP contribution is 2.39. The van der Waals surface area contributed by atoms with Gasteiger partial charge in [0.15, 0.2) is 23.0 Å². The topological polar surface area (TPSA) is 62.8 Å². The highest BCUT2D eigenvalue weighted by Gasteiger charge is 2.17. The molecule has 0 amide bonds.